The van der Waals surface area contributed by atoms with E-state index in [0.29, 0.717) is 0 Å². The van der Waals surface area contributed by atoms with Crippen LogP contribution in [-0.4, -0.2) is 30.8 Å². The van der Waals surface area contributed by atoms with Gasteiger partial charge in [-0.2, -0.15) is 0 Å². The molecule has 0 spiro atoms. The van der Waals surface area contributed by atoms with Gasteiger partial charge in [-0.3, -0.25) is 14.4 Å². The highest BCUT2D eigenvalue weighted by molar-refractivity contribution is 5.98. The number of rotatable bonds is 6. The molecular weight excluding hydrogens is 293 g/mol. The summed E-state index contributed by atoms with van der Waals surface area (Å²) in [6.07, 6.45) is 1.32. The van der Waals surface area contributed by atoms with Gasteiger partial charge in [0.05, 0.1) is 6.26 Å². The molecule has 6 nitrogen and oxygen atoms in total. The van der Waals surface area contributed by atoms with E-state index in [2.05, 4.69) is 5.32 Å². The molecule has 0 saturated heterocycles. The lowest BCUT2D eigenvalue weighted by Gasteiger charge is -2.05. The van der Waals surface area contributed by atoms with Crippen LogP contribution in [0.1, 0.15) is 20.9 Å². The number of nitrogens with one attached hydrogen (secondary N) is 1. The zero-order valence-corrected chi connectivity index (χ0v) is 11.4. The second-order valence-corrected chi connectivity index (χ2v) is 4.25. The van der Waals surface area contributed by atoms with Gasteiger partial charge in [0.2, 0.25) is 0 Å². The SMILES string of the molecule is O=C(CNC(=O)c1ccco1)OCC(=O)c1cccc(F)c1. The minimum atomic E-state index is -0.787. The van der Waals surface area contributed by atoms with Crippen LogP contribution in [0, 0.1) is 5.82 Å². The third-order valence-electron chi connectivity index (χ3n) is 2.65. The van der Waals surface area contributed by atoms with Gasteiger partial charge >= 0.3 is 5.97 Å². The number of carbonyl (C=O) groups excluding carboxylic acids is 3. The Morgan fingerprint density at radius 3 is 2.68 bits per heavy atom. The lowest BCUT2D eigenvalue weighted by Crippen LogP contribution is -2.31. The summed E-state index contributed by atoms with van der Waals surface area (Å²) in [6.45, 7) is -0.936. The molecule has 22 heavy (non-hydrogen) atoms. The van der Waals surface area contributed by atoms with Crippen molar-refractivity contribution in [2.45, 2.75) is 0 Å². The topological polar surface area (TPSA) is 85.6 Å². The molecule has 0 aliphatic rings. The zero-order chi connectivity index (χ0) is 15.9. The molecule has 1 amide bonds. The predicted molar refractivity (Wildman–Crippen MR) is 72.7 cm³/mol. The van der Waals surface area contributed by atoms with Crippen molar-refractivity contribution in [3.8, 4) is 0 Å². The number of ether oxygens (including phenoxy) is 1. The summed E-state index contributed by atoms with van der Waals surface area (Å²) >= 11 is 0. The Balaban J connectivity index is 1.76. The molecule has 0 atom stereocenters. The number of esters is 1. The number of amides is 1. The monoisotopic (exact) mass is 305 g/mol. The molecule has 114 valence electrons. The largest absolute Gasteiger partial charge is 0.459 e. The highest BCUT2D eigenvalue weighted by Crippen LogP contribution is 2.04. The van der Waals surface area contributed by atoms with E-state index in [-0.39, 0.29) is 11.3 Å². The number of carbonyl (C=O) groups is 3. The van der Waals surface area contributed by atoms with E-state index in [1.165, 1.54) is 36.6 Å². The Labute approximate surface area is 124 Å². The summed E-state index contributed by atoms with van der Waals surface area (Å²) < 4.78 is 22.5. The van der Waals surface area contributed by atoms with Gasteiger partial charge in [-0.05, 0) is 24.3 Å². The summed E-state index contributed by atoms with van der Waals surface area (Å²) in [6, 6.07) is 8.02. The average molecular weight is 305 g/mol. The molecule has 0 bridgehead atoms. The van der Waals surface area contributed by atoms with Crippen LogP contribution in [0.15, 0.2) is 47.1 Å². The third-order valence-corrected chi connectivity index (χ3v) is 2.65. The Hall–Kier alpha value is -2.96. The molecule has 0 aliphatic carbocycles. The Bertz CT molecular complexity index is 681. The maximum Gasteiger partial charge on any atom is 0.325 e. The number of benzene rings is 1. The third kappa shape index (κ3) is 4.27. The standard InChI is InChI=1S/C15H12FNO5/c16-11-4-1-3-10(7-11)12(18)9-22-14(19)8-17-15(20)13-5-2-6-21-13/h1-7H,8-9H2,(H,17,20). The van der Waals surface area contributed by atoms with Gasteiger partial charge in [0.15, 0.2) is 18.2 Å². The van der Waals surface area contributed by atoms with Crippen LogP contribution in [0.25, 0.3) is 0 Å². The number of hydrogen-bond acceptors (Lipinski definition) is 5. The molecule has 1 aromatic carbocycles. The first kappa shape index (κ1) is 15.4. The number of furan rings is 1. The van der Waals surface area contributed by atoms with Gasteiger partial charge in [0.1, 0.15) is 12.4 Å². The molecule has 0 radical (unpaired) electrons. The van der Waals surface area contributed by atoms with Crippen LogP contribution in [0.2, 0.25) is 0 Å². The molecule has 0 fully saturated rings. The van der Waals surface area contributed by atoms with Crippen LogP contribution >= 0.6 is 0 Å². The van der Waals surface area contributed by atoms with Crippen molar-refractivity contribution in [1.82, 2.24) is 5.32 Å². The molecule has 1 N–H and O–H groups in total. The van der Waals surface area contributed by atoms with Crippen LogP contribution in [0.4, 0.5) is 4.39 Å². The van der Waals surface area contributed by atoms with Crippen molar-refractivity contribution in [3.05, 3.63) is 59.8 Å². The smallest absolute Gasteiger partial charge is 0.325 e. The maximum absolute atomic E-state index is 13.0. The Morgan fingerprint density at radius 1 is 1.18 bits per heavy atom. The average Bonchev–Trinajstić information content (AvgIpc) is 3.04. The van der Waals surface area contributed by atoms with Crippen LogP contribution in [0.5, 0.6) is 0 Å². The minimum Gasteiger partial charge on any atom is -0.459 e. The normalized spacial score (nSPS) is 10.0. The molecule has 1 aromatic heterocycles. The van der Waals surface area contributed by atoms with E-state index < -0.39 is 36.6 Å². The number of ketones is 1. The fourth-order valence-corrected chi connectivity index (χ4v) is 1.59. The summed E-state index contributed by atoms with van der Waals surface area (Å²) in [7, 11) is 0. The van der Waals surface area contributed by atoms with E-state index >= 15 is 0 Å². The molecule has 0 aliphatic heterocycles. The Kier molecular flexibility index (Phi) is 5.02. The second-order valence-electron chi connectivity index (χ2n) is 4.25. The van der Waals surface area contributed by atoms with E-state index in [0.717, 1.165) is 6.07 Å². The van der Waals surface area contributed by atoms with E-state index in [4.69, 9.17) is 9.15 Å². The molecular formula is C15H12FNO5. The first-order valence-electron chi connectivity index (χ1n) is 6.32. The van der Waals surface area contributed by atoms with Gasteiger partial charge in [-0.1, -0.05) is 12.1 Å². The van der Waals surface area contributed by atoms with Crippen molar-refractivity contribution in [2.75, 3.05) is 13.2 Å². The first-order valence-corrected chi connectivity index (χ1v) is 6.32. The molecule has 0 unspecified atom stereocenters. The van der Waals surface area contributed by atoms with Crippen molar-refractivity contribution in [1.29, 1.82) is 0 Å². The first-order chi connectivity index (χ1) is 10.6. The van der Waals surface area contributed by atoms with Gasteiger partial charge in [0.25, 0.3) is 5.91 Å². The molecule has 7 heteroatoms. The fourth-order valence-electron chi connectivity index (χ4n) is 1.59. The number of hydrogen-bond donors (Lipinski definition) is 1. The minimum absolute atomic E-state index is 0.0589. The molecule has 0 saturated carbocycles. The summed E-state index contributed by atoms with van der Waals surface area (Å²) in [5.41, 5.74) is 0.104. The van der Waals surface area contributed by atoms with E-state index in [9.17, 15) is 18.8 Å². The lowest BCUT2D eigenvalue weighted by molar-refractivity contribution is -0.141. The Morgan fingerprint density at radius 2 is 2.00 bits per heavy atom. The summed E-state index contributed by atoms with van der Waals surface area (Å²) in [5.74, 6) is -2.39. The highest BCUT2D eigenvalue weighted by atomic mass is 19.1. The molecule has 2 aromatic rings. The lowest BCUT2D eigenvalue weighted by atomic mass is 10.1. The van der Waals surface area contributed by atoms with Crippen molar-refractivity contribution in [2.24, 2.45) is 0 Å². The van der Waals surface area contributed by atoms with Crippen LogP contribution < -0.4 is 5.32 Å². The number of Topliss-reactive ketones (excluding diaryl/α,β-unsaturated/α-hetero) is 1. The van der Waals surface area contributed by atoms with Crippen LogP contribution in [-0.2, 0) is 9.53 Å². The predicted octanol–water partition coefficient (Wildman–Crippen LogP) is 1.57. The molecule has 1 heterocycles. The zero-order valence-electron chi connectivity index (χ0n) is 11.4. The van der Waals surface area contributed by atoms with Gasteiger partial charge in [-0.15, -0.1) is 0 Å². The highest BCUT2D eigenvalue weighted by Gasteiger charge is 2.13. The molecule has 2 rings (SSSR count). The fraction of sp³-hybridized carbons (Fsp3) is 0.133. The van der Waals surface area contributed by atoms with Gasteiger partial charge in [-0.25, -0.2) is 4.39 Å². The van der Waals surface area contributed by atoms with Crippen LogP contribution in [0.3, 0.4) is 0 Å². The summed E-state index contributed by atoms with van der Waals surface area (Å²) in [5, 5.41) is 2.28. The maximum atomic E-state index is 13.0. The summed E-state index contributed by atoms with van der Waals surface area (Å²) in [4.78, 5) is 34.6. The van der Waals surface area contributed by atoms with Gasteiger partial charge < -0.3 is 14.5 Å². The number of halogens is 1. The van der Waals surface area contributed by atoms with Crippen molar-refractivity contribution < 1.29 is 27.9 Å². The van der Waals surface area contributed by atoms with Crippen molar-refractivity contribution >= 4 is 17.7 Å². The van der Waals surface area contributed by atoms with Crippen molar-refractivity contribution in [3.63, 3.8) is 0 Å². The van der Waals surface area contributed by atoms with E-state index in [1.54, 1.807) is 0 Å². The second kappa shape index (κ2) is 7.16. The quantitative estimate of drug-likeness (QED) is 0.647. The van der Waals surface area contributed by atoms with E-state index in [1.807, 2.05) is 0 Å². The van der Waals surface area contributed by atoms with Gasteiger partial charge in [0, 0.05) is 5.56 Å².